The quantitative estimate of drug-likeness (QED) is 0.874. The Bertz CT molecular complexity index is 614. The Morgan fingerprint density at radius 2 is 2.04 bits per heavy atom. The molecular weight excluding hydrogens is 292 g/mol. The van der Waals surface area contributed by atoms with E-state index in [0.717, 1.165) is 11.8 Å². The summed E-state index contributed by atoms with van der Waals surface area (Å²) in [4.78, 5) is 23.6. The van der Waals surface area contributed by atoms with Gasteiger partial charge < -0.3 is 15.4 Å². The number of benzene rings is 1. The summed E-state index contributed by atoms with van der Waals surface area (Å²) in [5.41, 5.74) is 1.25. The van der Waals surface area contributed by atoms with Crippen LogP contribution in [0.1, 0.15) is 39.0 Å². The first-order chi connectivity index (χ1) is 11.0. The topological polar surface area (TPSA) is 67.4 Å². The third-order valence-corrected chi connectivity index (χ3v) is 5.13. The Morgan fingerprint density at radius 1 is 1.22 bits per heavy atom. The summed E-state index contributed by atoms with van der Waals surface area (Å²) in [7, 11) is 1.55. The van der Waals surface area contributed by atoms with E-state index in [1.165, 1.54) is 32.6 Å². The zero-order chi connectivity index (χ0) is 16.4. The number of carbonyl (C=O) groups is 2. The van der Waals surface area contributed by atoms with Gasteiger partial charge in [-0.1, -0.05) is 6.42 Å². The maximum absolute atomic E-state index is 12.3. The van der Waals surface area contributed by atoms with Gasteiger partial charge in [0.1, 0.15) is 5.75 Å². The van der Waals surface area contributed by atoms with Gasteiger partial charge in [-0.05, 0) is 55.2 Å². The van der Waals surface area contributed by atoms with Gasteiger partial charge in [-0.2, -0.15) is 0 Å². The first kappa shape index (κ1) is 15.8. The number of anilines is 2. The maximum atomic E-state index is 12.3. The molecule has 5 heteroatoms. The minimum atomic E-state index is -0.172. The monoisotopic (exact) mass is 316 g/mol. The SMILES string of the molecule is COc1ccc(NC(=O)CC2CC3CCC2C3)cc1NC(C)=O. The normalized spacial score (nSPS) is 25.2. The molecule has 0 aromatic heterocycles. The molecule has 2 saturated carbocycles. The average Bonchev–Trinajstić information content (AvgIpc) is 3.09. The van der Waals surface area contributed by atoms with Crippen molar-refractivity contribution in [3.8, 4) is 5.75 Å². The highest BCUT2D eigenvalue weighted by atomic mass is 16.5. The van der Waals surface area contributed by atoms with E-state index in [-0.39, 0.29) is 11.8 Å². The van der Waals surface area contributed by atoms with Crippen molar-refractivity contribution in [3.63, 3.8) is 0 Å². The summed E-state index contributed by atoms with van der Waals surface area (Å²) in [5, 5.41) is 5.67. The number of methoxy groups -OCH3 is 1. The number of ether oxygens (including phenoxy) is 1. The molecule has 3 unspecified atom stereocenters. The highest BCUT2D eigenvalue weighted by molar-refractivity contribution is 5.94. The summed E-state index contributed by atoms with van der Waals surface area (Å²) >= 11 is 0. The molecule has 23 heavy (non-hydrogen) atoms. The molecule has 2 aliphatic carbocycles. The van der Waals surface area contributed by atoms with Crippen molar-refractivity contribution in [1.82, 2.24) is 0 Å². The molecular formula is C18H24N2O3. The van der Waals surface area contributed by atoms with E-state index in [2.05, 4.69) is 10.6 Å². The predicted molar refractivity (Wildman–Crippen MR) is 89.5 cm³/mol. The predicted octanol–water partition coefficient (Wildman–Crippen LogP) is 3.42. The van der Waals surface area contributed by atoms with Crippen molar-refractivity contribution >= 4 is 23.2 Å². The summed E-state index contributed by atoms with van der Waals surface area (Å²) in [6.07, 6.45) is 5.76. The highest BCUT2D eigenvalue weighted by Crippen LogP contribution is 2.49. The van der Waals surface area contributed by atoms with Gasteiger partial charge in [0, 0.05) is 19.0 Å². The molecule has 0 saturated heterocycles. The van der Waals surface area contributed by atoms with Crippen LogP contribution in [0.25, 0.3) is 0 Å². The second-order valence-corrected chi connectivity index (χ2v) is 6.78. The van der Waals surface area contributed by atoms with Crippen LogP contribution in [-0.4, -0.2) is 18.9 Å². The van der Waals surface area contributed by atoms with Gasteiger partial charge in [0.05, 0.1) is 12.8 Å². The number of carbonyl (C=O) groups excluding carboxylic acids is 2. The fraction of sp³-hybridized carbons (Fsp3) is 0.556. The van der Waals surface area contributed by atoms with Gasteiger partial charge in [-0.3, -0.25) is 9.59 Å². The molecule has 0 spiro atoms. The molecule has 0 radical (unpaired) electrons. The second-order valence-electron chi connectivity index (χ2n) is 6.78. The van der Waals surface area contributed by atoms with Crippen molar-refractivity contribution in [1.29, 1.82) is 0 Å². The Labute approximate surface area is 136 Å². The molecule has 5 nitrogen and oxygen atoms in total. The molecule has 2 aliphatic rings. The Hall–Kier alpha value is -2.04. The molecule has 0 aliphatic heterocycles. The van der Waals surface area contributed by atoms with Gasteiger partial charge in [0.15, 0.2) is 0 Å². The second kappa shape index (κ2) is 6.60. The summed E-state index contributed by atoms with van der Waals surface area (Å²) in [6, 6.07) is 5.28. The van der Waals surface area contributed by atoms with Crippen molar-refractivity contribution in [3.05, 3.63) is 18.2 Å². The summed E-state index contributed by atoms with van der Waals surface area (Å²) in [6.45, 7) is 1.44. The van der Waals surface area contributed by atoms with Crippen molar-refractivity contribution in [2.24, 2.45) is 17.8 Å². The molecule has 3 atom stereocenters. The fourth-order valence-electron chi connectivity index (χ4n) is 4.15. The highest BCUT2D eigenvalue weighted by Gasteiger charge is 2.40. The van der Waals surface area contributed by atoms with Gasteiger partial charge in [-0.25, -0.2) is 0 Å². The Kier molecular flexibility index (Phi) is 4.55. The molecule has 1 aromatic rings. The average molecular weight is 316 g/mol. The number of rotatable bonds is 5. The van der Waals surface area contributed by atoms with Gasteiger partial charge in [0.2, 0.25) is 11.8 Å². The molecule has 1 aromatic carbocycles. The minimum absolute atomic E-state index is 0.0569. The molecule has 2 amide bonds. The van der Waals surface area contributed by atoms with E-state index in [9.17, 15) is 9.59 Å². The Morgan fingerprint density at radius 3 is 2.65 bits per heavy atom. The number of nitrogens with one attached hydrogen (secondary N) is 2. The number of fused-ring (bicyclic) bond motifs is 2. The number of hydrogen-bond acceptors (Lipinski definition) is 3. The van der Waals surface area contributed by atoms with Gasteiger partial charge in [0.25, 0.3) is 0 Å². The fourth-order valence-corrected chi connectivity index (χ4v) is 4.15. The molecule has 2 fully saturated rings. The van der Waals surface area contributed by atoms with Crippen molar-refractivity contribution in [2.75, 3.05) is 17.7 Å². The Balaban J connectivity index is 1.62. The van der Waals surface area contributed by atoms with Crippen LogP contribution in [-0.2, 0) is 9.59 Å². The third-order valence-electron chi connectivity index (χ3n) is 5.13. The zero-order valence-corrected chi connectivity index (χ0v) is 13.7. The lowest BCUT2D eigenvalue weighted by atomic mass is 9.86. The van der Waals surface area contributed by atoms with Crippen molar-refractivity contribution < 1.29 is 14.3 Å². The lowest BCUT2D eigenvalue weighted by Crippen LogP contribution is -2.20. The number of amides is 2. The van der Waals surface area contributed by atoms with Crippen LogP contribution in [0.4, 0.5) is 11.4 Å². The summed E-state index contributed by atoms with van der Waals surface area (Å²) < 4.78 is 5.22. The van der Waals surface area contributed by atoms with Crippen LogP contribution in [0.3, 0.4) is 0 Å². The molecule has 3 rings (SSSR count). The number of hydrogen-bond donors (Lipinski definition) is 2. The summed E-state index contributed by atoms with van der Waals surface area (Å²) in [5.74, 6) is 2.60. The third kappa shape index (κ3) is 3.66. The molecule has 2 N–H and O–H groups in total. The van der Waals surface area contributed by atoms with Crippen LogP contribution in [0.5, 0.6) is 5.75 Å². The van der Waals surface area contributed by atoms with Crippen LogP contribution in [0.2, 0.25) is 0 Å². The molecule has 2 bridgehead atoms. The van der Waals surface area contributed by atoms with Crippen LogP contribution >= 0.6 is 0 Å². The van der Waals surface area contributed by atoms with Gasteiger partial charge in [-0.15, -0.1) is 0 Å². The van der Waals surface area contributed by atoms with Crippen LogP contribution in [0, 0.1) is 17.8 Å². The van der Waals surface area contributed by atoms with E-state index in [0.29, 0.717) is 29.5 Å². The van der Waals surface area contributed by atoms with E-state index in [4.69, 9.17) is 4.74 Å². The van der Waals surface area contributed by atoms with E-state index in [1.807, 2.05) is 0 Å². The first-order valence-electron chi connectivity index (χ1n) is 8.30. The van der Waals surface area contributed by atoms with Gasteiger partial charge >= 0.3 is 0 Å². The first-order valence-corrected chi connectivity index (χ1v) is 8.30. The van der Waals surface area contributed by atoms with Crippen LogP contribution in [0.15, 0.2) is 18.2 Å². The smallest absolute Gasteiger partial charge is 0.224 e. The largest absolute Gasteiger partial charge is 0.495 e. The van der Waals surface area contributed by atoms with E-state index in [1.54, 1.807) is 25.3 Å². The van der Waals surface area contributed by atoms with E-state index >= 15 is 0 Å². The maximum Gasteiger partial charge on any atom is 0.224 e. The lowest BCUT2D eigenvalue weighted by Gasteiger charge is -2.21. The van der Waals surface area contributed by atoms with Crippen LogP contribution < -0.4 is 15.4 Å². The van der Waals surface area contributed by atoms with E-state index < -0.39 is 0 Å². The zero-order valence-electron chi connectivity index (χ0n) is 13.7. The lowest BCUT2D eigenvalue weighted by molar-refractivity contribution is -0.117. The standard InChI is InChI=1S/C18H24N2O3/c1-11(21)19-16-10-15(5-6-17(16)23-2)20-18(22)9-14-8-12-3-4-13(14)7-12/h5-6,10,12-14H,3-4,7-9H2,1-2H3,(H,19,21)(H,20,22). The molecule has 124 valence electrons. The molecule has 0 heterocycles. The minimum Gasteiger partial charge on any atom is -0.495 e. The van der Waals surface area contributed by atoms with Crippen molar-refractivity contribution in [2.45, 2.75) is 39.0 Å².